The van der Waals surface area contributed by atoms with Crippen LogP contribution < -0.4 is 4.74 Å². The number of ether oxygens (including phenoxy) is 2. The Bertz CT molecular complexity index is 796. The van der Waals surface area contributed by atoms with Crippen molar-refractivity contribution in [1.82, 2.24) is 0 Å². The summed E-state index contributed by atoms with van der Waals surface area (Å²) in [4.78, 5) is 0. The Morgan fingerprint density at radius 3 is 2.37 bits per heavy atom. The number of methoxy groups -OCH3 is 1. The van der Waals surface area contributed by atoms with Gasteiger partial charge in [0.1, 0.15) is 24.1 Å². The lowest BCUT2D eigenvalue weighted by Crippen LogP contribution is -2.62. The van der Waals surface area contributed by atoms with E-state index in [1.165, 1.54) is 13.0 Å². The maximum atomic E-state index is 10.9. The molecular formula is C20H23ClO6. The highest BCUT2D eigenvalue weighted by molar-refractivity contribution is 6.31. The average molecular weight is 395 g/mol. The van der Waals surface area contributed by atoms with Crippen molar-refractivity contribution in [3.05, 3.63) is 64.2 Å². The Kier molecular flexibility index (Phi) is 5.76. The van der Waals surface area contributed by atoms with Crippen LogP contribution in [0.15, 0.2) is 42.5 Å². The summed E-state index contributed by atoms with van der Waals surface area (Å²) >= 11 is 6.31. The van der Waals surface area contributed by atoms with Crippen molar-refractivity contribution in [3.63, 3.8) is 0 Å². The van der Waals surface area contributed by atoms with Crippen LogP contribution in [0.4, 0.5) is 0 Å². The van der Waals surface area contributed by atoms with Gasteiger partial charge in [0.2, 0.25) is 5.79 Å². The number of benzene rings is 2. The van der Waals surface area contributed by atoms with Crippen LogP contribution in [0.1, 0.15) is 23.6 Å². The predicted octanol–water partition coefficient (Wildman–Crippen LogP) is 1.59. The van der Waals surface area contributed by atoms with E-state index in [1.807, 2.05) is 24.3 Å². The minimum Gasteiger partial charge on any atom is -0.497 e. The van der Waals surface area contributed by atoms with Gasteiger partial charge in [-0.1, -0.05) is 29.8 Å². The van der Waals surface area contributed by atoms with E-state index < -0.39 is 30.2 Å². The largest absolute Gasteiger partial charge is 0.497 e. The highest BCUT2D eigenvalue weighted by Gasteiger charge is 2.52. The van der Waals surface area contributed by atoms with E-state index in [-0.39, 0.29) is 5.56 Å². The second-order valence-corrected chi connectivity index (χ2v) is 7.18. The molecule has 0 unspecified atom stereocenters. The molecule has 0 spiro atoms. The molecule has 0 radical (unpaired) electrons. The van der Waals surface area contributed by atoms with Gasteiger partial charge >= 0.3 is 0 Å². The molecule has 1 heterocycles. The third-order valence-electron chi connectivity index (χ3n) is 4.93. The van der Waals surface area contributed by atoms with E-state index in [1.54, 1.807) is 19.2 Å². The SMILES string of the molecule is COc1ccc(Cc2cc([C@@]3(O)O[C@H](C)[C@@H](O)[C@H](O)[C@H]3O)ccc2Cl)cc1. The van der Waals surface area contributed by atoms with Crippen LogP contribution in [0.25, 0.3) is 0 Å². The van der Waals surface area contributed by atoms with Crippen molar-refractivity contribution in [2.75, 3.05) is 7.11 Å². The van der Waals surface area contributed by atoms with Gasteiger partial charge in [-0.3, -0.25) is 0 Å². The van der Waals surface area contributed by atoms with Crippen molar-refractivity contribution >= 4 is 11.6 Å². The number of aliphatic hydroxyl groups excluding tert-OH is 3. The lowest BCUT2D eigenvalue weighted by molar-refractivity contribution is -0.351. The molecule has 0 amide bonds. The number of halogens is 1. The Labute approximate surface area is 162 Å². The highest BCUT2D eigenvalue weighted by Crippen LogP contribution is 2.37. The molecule has 0 aromatic heterocycles. The first-order valence-electron chi connectivity index (χ1n) is 8.62. The molecule has 27 heavy (non-hydrogen) atoms. The second-order valence-electron chi connectivity index (χ2n) is 6.78. The van der Waals surface area contributed by atoms with Crippen LogP contribution in [0.2, 0.25) is 5.02 Å². The zero-order valence-electron chi connectivity index (χ0n) is 15.0. The van der Waals surface area contributed by atoms with Crippen molar-refractivity contribution in [2.24, 2.45) is 0 Å². The second kappa shape index (κ2) is 7.75. The summed E-state index contributed by atoms with van der Waals surface area (Å²) in [5.41, 5.74) is 1.95. The summed E-state index contributed by atoms with van der Waals surface area (Å²) in [6.45, 7) is 1.51. The minimum absolute atomic E-state index is 0.251. The number of hydrogen-bond acceptors (Lipinski definition) is 6. The fourth-order valence-electron chi connectivity index (χ4n) is 3.25. The van der Waals surface area contributed by atoms with Crippen LogP contribution in [0, 0.1) is 0 Å². The number of hydrogen-bond donors (Lipinski definition) is 4. The Balaban J connectivity index is 1.92. The summed E-state index contributed by atoms with van der Waals surface area (Å²) in [5.74, 6) is -1.41. The van der Waals surface area contributed by atoms with E-state index in [0.29, 0.717) is 11.4 Å². The molecule has 146 valence electrons. The standard InChI is InChI=1S/C20H23ClO6/c1-11-17(22)18(23)19(24)20(25,27-11)14-5-8-16(21)13(10-14)9-12-3-6-15(26-2)7-4-12/h3-8,10-11,17-19,22-25H,9H2,1-2H3/t11-,17-,18+,19-,20-/m1/s1. The zero-order valence-corrected chi connectivity index (χ0v) is 15.8. The van der Waals surface area contributed by atoms with Crippen LogP contribution in [-0.4, -0.2) is 52.0 Å². The van der Waals surface area contributed by atoms with Crippen molar-refractivity contribution < 1.29 is 29.9 Å². The summed E-state index contributed by atoms with van der Waals surface area (Å²) in [5, 5.41) is 41.6. The van der Waals surface area contributed by atoms with Gasteiger partial charge in [-0.15, -0.1) is 0 Å². The monoisotopic (exact) mass is 394 g/mol. The number of aliphatic hydroxyl groups is 4. The lowest BCUT2D eigenvalue weighted by Gasteiger charge is -2.45. The fraction of sp³-hybridized carbons (Fsp3) is 0.400. The molecule has 2 aromatic carbocycles. The quantitative estimate of drug-likeness (QED) is 0.628. The Morgan fingerprint density at radius 1 is 1.07 bits per heavy atom. The third kappa shape index (κ3) is 3.82. The fourth-order valence-corrected chi connectivity index (χ4v) is 3.44. The van der Waals surface area contributed by atoms with Gasteiger partial charge in [0, 0.05) is 10.6 Å². The topological polar surface area (TPSA) is 99.4 Å². The van der Waals surface area contributed by atoms with Gasteiger partial charge in [0.15, 0.2) is 0 Å². The predicted molar refractivity (Wildman–Crippen MR) is 99.7 cm³/mol. The molecule has 5 atom stereocenters. The van der Waals surface area contributed by atoms with E-state index in [2.05, 4.69) is 0 Å². The van der Waals surface area contributed by atoms with Gasteiger partial charge < -0.3 is 29.9 Å². The van der Waals surface area contributed by atoms with E-state index >= 15 is 0 Å². The molecule has 0 bridgehead atoms. The number of rotatable bonds is 4. The highest BCUT2D eigenvalue weighted by atomic mass is 35.5. The van der Waals surface area contributed by atoms with Gasteiger partial charge in [-0.2, -0.15) is 0 Å². The summed E-state index contributed by atoms with van der Waals surface area (Å²) in [6, 6.07) is 12.3. The summed E-state index contributed by atoms with van der Waals surface area (Å²) in [7, 11) is 1.60. The van der Waals surface area contributed by atoms with Crippen molar-refractivity contribution in [1.29, 1.82) is 0 Å². The van der Waals surface area contributed by atoms with Gasteiger partial charge in [0.05, 0.1) is 13.2 Å². The summed E-state index contributed by atoms with van der Waals surface area (Å²) in [6.07, 6.45) is -4.93. The minimum atomic E-state index is -2.16. The molecule has 7 heteroatoms. The van der Waals surface area contributed by atoms with Gasteiger partial charge in [-0.05, 0) is 48.7 Å². The van der Waals surface area contributed by atoms with Crippen LogP contribution >= 0.6 is 11.6 Å². The first-order valence-corrected chi connectivity index (χ1v) is 9.00. The normalized spacial score (nSPS) is 30.9. The molecular weight excluding hydrogens is 372 g/mol. The first-order chi connectivity index (χ1) is 12.8. The summed E-state index contributed by atoms with van der Waals surface area (Å²) < 4.78 is 10.6. The molecule has 1 aliphatic heterocycles. The molecule has 1 saturated heterocycles. The molecule has 1 aliphatic rings. The molecule has 4 N–H and O–H groups in total. The average Bonchev–Trinajstić information content (AvgIpc) is 2.67. The smallest absolute Gasteiger partial charge is 0.222 e. The molecule has 0 aliphatic carbocycles. The van der Waals surface area contributed by atoms with E-state index in [4.69, 9.17) is 21.1 Å². The zero-order chi connectivity index (χ0) is 19.8. The van der Waals surface area contributed by atoms with Crippen LogP contribution in [0.3, 0.4) is 0 Å². The molecule has 1 fully saturated rings. The molecule has 6 nitrogen and oxygen atoms in total. The lowest BCUT2D eigenvalue weighted by atomic mass is 9.87. The van der Waals surface area contributed by atoms with Gasteiger partial charge in [0.25, 0.3) is 0 Å². The molecule has 0 saturated carbocycles. The van der Waals surface area contributed by atoms with Crippen LogP contribution in [-0.2, 0) is 16.9 Å². The Hall–Kier alpha value is -1.67. The first kappa shape index (κ1) is 20.1. The maximum absolute atomic E-state index is 10.9. The van der Waals surface area contributed by atoms with Crippen LogP contribution in [0.5, 0.6) is 5.75 Å². The van der Waals surface area contributed by atoms with E-state index in [0.717, 1.165) is 16.9 Å². The van der Waals surface area contributed by atoms with E-state index in [9.17, 15) is 20.4 Å². The Morgan fingerprint density at radius 2 is 1.74 bits per heavy atom. The van der Waals surface area contributed by atoms with Crippen molar-refractivity contribution in [3.8, 4) is 5.75 Å². The molecule has 2 aromatic rings. The van der Waals surface area contributed by atoms with Crippen molar-refractivity contribution in [2.45, 2.75) is 43.5 Å². The third-order valence-corrected chi connectivity index (χ3v) is 5.30. The maximum Gasteiger partial charge on any atom is 0.222 e. The van der Waals surface area contributed by atoms with Gasteiger partial charge in [-0.25, -0.2) is 0 Å². The molecule has 3 rings (SSSR count).